The molecule has 0 aliphatic carbocycles. The van der Waals surface area contributed by atoms with Crippen LogP contribution < -0.4 is 5.32 Å². The number of likely N-dealkylation sites (tertiary alicyclic amines) is 1. The van der Waals surface area contributed by atoms with Crippen molar-refractivity contribution in [2.75, 3.05) is 25.5 Å². The molecule has 2 heterocycles. The van der Waals surface area contributed by atoms with Crippen molar-refractivity contribution in [2.24, 2.45) is 5.92 Å². The van der Waals surface area contributed by atoms with Gasteiger partial charge in [-0.2, -0.15) is 0 Å². The largest absolute Gasteiger partial charge is 0.382 e. The third-order valence-electron chi connectivity index (χ3n) is 3.47. The van der Waals surface area contributed by atoms with E-state index in [0.29, 0.717) is 12.0 Å². The van der Waals surface area contributed by atoms with Crippen molar-refractivity contribution in [3.63, 3.8) is 0 Å². The zero-order chi connectivity index (χ0) is 11.5. The summed E-state index contributed by atoms with van der Waals surface area (Å²) in [6, 6.07) is 2.66. The molecule has 2 atom stereocenters. The molecular formula is C13H21N3. The molecule has 88 valence electrons. The standard InChI is InChI=1S/C13H21N3/c1-10-8-14-6-4-12(10)15-13-5-7-16(3)9-11(13)2/h4,6,8,11,13H,5,7,9H2,1-3H3,(H,14,15). The molecule has 3 heteroatoms. The van der Waals surface area contributed by atoms with Crippen molar-refractivity contribution < 1.29 is 0 Å². The summed E-state index contributed by atoms with van der Waals surface area (Å²) in [6.07, 6.45) is 5.00. The predicted molar refractivity (Wildman–Crippen MR) is 67.7 cm³/mol. The minimum atomic E-state index is 0.595. The fourth-order valence-corrected chi connectivity index (χ4v) is 2.40. The van der Waals surface area contributed by atoms with Crippen molar-refractivity contribution in [1.29, 1.82) is 0 Å². The van der Waals surface area contributed by atoms with E-state index in [9.17, 15) is 0 Å². The highest BCUT2D eigenvalue weighted by Crippen LogP contribution is 2.21. The highest BCUT2D eigenvalue weighted by molar-refractivity contribution is 5.49. The molecule has 3 nitrogen and oxygen atoms in total. The van der Waals surface area contributed by atoms with Gasteiger partial charge in [-0.1, -0.05) is 6.92 Å². The van der Waals surface area contributed by atoms with Gasteiger partial charge in [-0.15, -0.1) is 0 Å². The van der Waals surface area contributed by atoms with Crippen LogP contribution in [0.4, 0.5) is 5.69 Å². The third kappa shape index (κ3) is 2.53. The molecule has 1 fully saturated rings. The summed E-state index contributed by atoms with van der Waals surface area (Å²) in [5, 5.41) is 3.65. The van der Waals surface area contributed by atoms with Gasteiger partial charge in [0, 0.05) is 30.7 Å². The molecule has 16 heavy (non-hydrogen) atoms. The van der Waals surface area contributed by atoms with Crippen LogP contribution in [0.2, 0.25) is 0 Å². The first-order valence-electron chi connectivity index (χ1n) is 6.02. The van der Waals surface area contributed by atoms with Crippen LogP contribution >= 0.6 is 0 Å². The summed E-state index contributed by atoms with van der Waals surface area (Å²) in [6.45, 7) is 6.80. The molecule has 1 aromatic heterocycles. The molecule has 0 bridgehead atoms. The summed E-state index contributed by atoms with van der Waals surface area (Å²) >= 11 is 0. The normalized spacial score (nSPS) is 26.7. The first-order valence-corrected chi connectivity index (χ1v) is 6.02. The quantitative estimate of drug-likeness (QED) is 0.826. The van der Waals surface area contributed by atoms with Crippen LogP contribution in [-0.2, 0) is 0 Å². The van der Waals surface area contributed by atoms with E-state index < -0.39 is 0 Å². The van der Waals surface area contributed by atoms with Gasteiger partial charge in [0.05, 0.1) is 0 Å². The van der Waals surface area contributed by atoms with Gasteiger partial charge in [0.15, 0.2) is 0 Å². The van der Waals surface area contributed by atoms with Crippen molar-refractivity contribution in [2.45, 2.75) is 26.3 Å². The number of anilines is 1. The number of hydrogen-bond acceptors (Lipinski definition) is 3. The van der Waals surface area contributed by atoms with Gasteiger partial charge in [-0.05, 0) is 44.5 Å². The van der Waals surface area contributed by atoms with Gasteiger partial charge in [-0.25, -0.2) is 0 Å². The van der Waals surface area contributed by atoms with E-state index in [2.05, 4.69) is 42.2 Å². The second-order valence-electron chi connectivity index (χ2n) is 4.97. The number of aromatic nitrogens is 1. The Hall–Kier alpha value is -1.09. The fraction of sp³-hybridized carbons (Fsp3) is 0.615. The molecule has 2 rings (SSSR count). The number of aryl methyl sites for hydroxylation is 1. The topological polar surface area (TPSA) is 28.2 Å². The van der Waals surface area contributed by atoms with E-state index in [1.165, 1.54) is 30.8 Å². The van der Waals surface area contributed by atoms with Gasteiger partial charge in [0.1, 0.15) is 0 Å². The number of nitrogens with one attached hydrogen (secondary N) is 1. The lowest BCUT2D eigenvalue weighted by Crippen LogP contribution is -2.43. The lowest BCUT2D eigenvalue weighted by atomic mass is 9.94. The monoisotopic (exact) mass is 219 g/mol. The first kappa shape index (κ1) is 11.4. The van der Waals surface area contributed by atoms with Crippen LogP contribution in [0, 0.1) is 12.8 Å². The van der Waals surface area contributed by atoms with Crippen LogP contribution in [0.25, 0.3) is 0 Å². The molecule has 1 aliphatic heterocycles. The maximum Gasteiger partial charge on any atom is 0.0403 e. The number of rotatable bonds is 2. The van der Waals surface area contributed by atoms with Gasteiger partial charge in [0.25, 0.3) is 0 Å². The Morgan fingerprint density at radius 2 is 2.31 bits per heavy atom. The number of piperidine rings is 1. The van der Waals surface area contributed by atoms with Crippen LogP contribution in [0.3, 0.4) is 0 Å². The van der Waals surface area contributed by atoms with Gasteiger partial charge in [0.2, 0.25) is 0 Å². The fourth-order valence-electron chi connectivity index (χ4n) is 2.40. The van der Waals surface area contributed by atoms with Crippen LogP contribution in [-0.4, -0.2) is 36.1 Å². The maximum absolute atomic E-state index is 4.12. The lowest BCUT2D eigenvalue weighted by molar-refractivity contribution is 0.206. The molecule has 1 saturated heterocycles. The van der Waals surface area contributed by atoms with Gasteiger partial charge in [-0.3, -0.25) is 4.98 Å². The number of nitrogens with zero attached hydrogens (tertiary/aromatic N) is 2. The van der Waals surface area contributed by atoms with E-state index in [4.69, 9.17) is 0 Å². The Labute approximate surface area is 97.9 Å². The molecular weight excluding hydrogens is 198 g/mol. The maximum atomic E-state index is 4.12. The highest BCUT2D eigenvalue weighted by Gasteiger charge is 2.24. The summed E-state index contributed by atoms with van der Waals surface area (Å²) in [5.74, 6) is 0.700. The Kier molecular flexibility index (Phi) is 3.44. The van der Waals surface area contributed by atoms with Crippen LogP contribution in [0.15, 0.2) is 18.5 Å². The van der Waals surface area contributed by atoms with Crippen molar-refractivity contribution in [3.05, 3.63) is 24.0 Å². The van der Waals surface area contributed by atoms with Crippen molar-refractivity contribution >= 4 is 5.69 Å². The van der Waals surface area contributed by atoms with Crippen LogP contribution in [0.5, 0.6) is 0 Å². The lowest BCUT2D eigenvalue weighted by Gasteiger charge is -2.36. The third-order valence-corrected chi connectivity index (χ3v) is 3.47. The first-order chi connectivity index (χ1) is 7.66. The summed E-state index contributed by atoms with van der Waals surface area (Å²) in [4.78, 5) is 6.53. The zero-order valence-corrected chi connectivity index (χ0v) is 10.4. The summed E-state index contributed by atoms with van der Waals surface area (Å²) in [7, 11) is 2.20. The molecule has 0 radical (unpaired) electrons. The molecule has 1 aliphatic rings. The van der Waals surface area contributed by atoms with Crippen LogP contribution in [0.1, 0.15) is 18.9 Å². The molecule has 1 N–H and O–H groups in total. The Morgan fingerprint density at radius 1 is 1.50 bits per heavy atom. The smallest absolute Gasteiger partial charge is 0.0403 e. The molecule has 0 spiro atoms. The second kappa shape index (κ2) is 4.83. The van der Waals surface area contributed by atoms with Crippen molar-refractivity contribution in [3.8, 4) is 0 Å². The molecule has 2 unspecified atom stereocenters. The van der Waals surface area contributed by atoms with E-state index in [-0.39, 0.29) is 0 Å². The Bertz CT molecular complexity index is 351. The summed E-state index contributed by atoms with van der Waals surface area (Å²) < 4.78 is 0. The zero-order valence-electron chi connectivity index (χ0n) is 10.4. The highest BCUT2D eigenvalue weighted by atomic mass is 15.1. The average molecular weight is 219 g/mol. The van der Waals surface area contributed by atoms with E-state index >= 15 is 0 Å². The molecule has 0 amide bonds. The minimum absolute atomic E-state index is 0.595. The number of hydrogen-bond donors (Lipinski definition) is 1. The van der Waals surface area contributed by atoms with E-state index in [1.807, 2.05) is 12.4 Å². The van der Waals surface area contributed by atoms with E-state index in [0.717, 1.165) is 0 Å². The van der Waals surface area contributed by atoms with Crippen molar-refractivity contribution in [1.82, 2.24) is 9.88 Å². The predicted octanol–water partition coefficient (Wildman–Crippen LogP) is 2.14. The average Bonchev–Trinajstić information content (AvgIpc) is 2.25. The minimum Gasteiger partial charge on any atom is -0.382 e. The molecule has 0 saturated carbocycles. The SMILES string of the molecule is Cc1cnccc1NC1CCN(C)CC1C. The van der Waals surface area contributed by atoms with Gasteiger partial charge >= 0.3 is 0 Å². The van der Waals surface area contributed by atoms with E-state index in [1.54, 1.807) is 0 Å². The number of pyridine rings is 1. The van der Waals surface area contributed by atoms with Gasteiger partial charge < -0.3 is 10.2 Å². The Balaban J connectivity index is 2.02. The summed E-state index contributed by atoms with van der Waals surface area (Å²) in [5.41, 5.74) is 2.46. The molecule has 0 aromatic carbocycles. The Morgan fingerprint density at radius 3 is 3.00 bits per heavy atom. The second-order valence-corrected chi connectivity index (χ2v) is 4.97. The molecule has 1 aromatic rings.